The summed E-state index contributed by atoms with van der Waals surface area (Å²) in [6.45, 7) is 10.7. The summed E-state index contributed by atoms with van der Waals surface area (Å²) in [5, 5.41) is 3.34. The van der Waals surface area contributed by atoms with Gasteiger partial charge in [-0.25, -0.2) is 4.79 Å². The van der Waals surface area contributed by atoms with Crippen LogP contribution in [-0.4, -0.2) is 125 Å². The van der Waals surface area contributed by atoms with E-state index in [0.29, 0.717) is 56.9 Å². The Morgan fingerprint density at radius 1 is 0.689 bits per heavy atom. The van der Waals surface area contributed by atoms with Crippen LogP contribution in [0, 0.1) is 11.8 Å². The SMILES string of the molecule is C.FC(F)(F)c1ccc(OCC2CCCN(CC3CNCCO3)C2)cc1.O=C(OCc1ccccc1)N1CCOC(CN2CCCC(COc3ccc(C(F)(F)F)cc3)C2)C1.[HH]. The van der Waals surface area contributed by atoms with E-state index in [1.807, 2.05) is 30.3 Å². The van der Waals surface area contributed by atoms with Gasteiger partial charge in [0.05, 0.1) is 56.3 Å². The van der Waals surface area contributed by atoms with E-state index < -0.39 is 23.5 Å². The van der Waals surface area contributed by atoms with Crippen LogP contribution in [-0.2, 0) is 33.2 Å². The van der Waals surface area contributed by atoms with Crippen molar-refractivity contribution in [1.29, 1.82) is 0 Å². The summed E-state index contributed by atoms with van der Waals surface area (Å²) >= 11 is 0. The predicted octanol–water partition coefficient (Wildman–Crippen LogP) is 8.50. The number of carbonyl (C=O) groups is 1. The molecule has 0 bridgehead atoms. The molecular formula is C45H62F6N4O6. The van der Waals surface area contributed by atoms with Gasteiger partial charge < -0.3 is 43.7 Å². The highest BCUT2D eigenvalue weighted by Gasteiger charge is 2.32. The predicted molar refractivity (Wildman–Crippen MR) is 222 cm³/mol. The number of benzene rings is 3. The average Bonchev–Trinajstić information content (AvgIpc) is 3.25. The van der Waals surface area contributed by atoms with Crippen molar-refractivity contribution >= 4 is 6.09 Å². The Morgan fingerprint density at radius 2 is 1.21 bits per heavy atom. The van der Waals surface area contributed by atoms with Crippen molar-refractivity contribution in [3.05, 3.63) is 95.6 Å². The van der Waals surface area contributed by atoms with Gasteiger partial charge in [0.15, 0.2) is 0 Å². The second-order valence-corrected chi connectivity index (χ2v) is 15.9. The number of hydrogen-bond acceptors (Lipinski definition) is 9. The van der Waals surface area contributed by atoms with Crippen LogP contribution in [0.2, 0.25) is 0 Å². The molecule has 1 amide bonds. The Balaban J connectivity index is 0.000000278. The first-order valence-corrected chi connectivity index (χ1v) is 20.8. The van der Waals surface area contributed by atoms with Gasteiger partial charge in [0.2, 0.25) is 0 Å². The van der Waals surface area contributed by atoms with E-state index in [1.54, 1.807) is 4.90 Å². The smallest absolute Gasteiger partial charge is 0.416 e. The Hall–Kier alpha value is -4.09. The van der Waals surface area contributed by atoms with Crippen molar-refractivity contribution in [3.8, 4) is 11.5 Å². The molecule has 0 saturated carbocycles. The van der Waals surface area contributed by atoms with E-state index in [1.165, 1.54) is 24.3 Å². The zero-order valence-corrected chi connectivity index (χ0v) is 33.8. The maximum atomic E-state index is 12.7. The summed E-state index contributed by atoms with van der Waals surface area (Å²) in [6, 6.07) is 19.3. The molecule has 4 aliphatic heterocycles. The number of piperidine rings is 2. The Kier molecular flexibility index (Phi) is 18.4. The molecule has 3 aromatic rings. The highest BCUT2D eigenvalue weighted by molar-refractivity contribution is 5.67. The third kappa shape index (κ3) is 16.0. The molecule has 0 aliphatic carbocycles. The molecule has 0 radical (unpaired) electrons. The van der Waals surface area contributed by atoms with E-state index in [2.05, 4.69) is 15.1 Å². The van der Waals surface area contributed by atoms with Crippen molar-refractivity contribution < 1.29 is 56.2 Å². The summed E-state index contributed by atoms with van der Waals surface area (Å²) in [7, 11) is 0. The minimum Gasteiger partial charge on any atom is -0.493 e. The van der Waals surface area contributed by atoms with Crippen LogP contribution in [0.25, 0.3) is 0 Å². The van der Waals surface area contributed by atoms with E-state index in [-0.39, 0.29) is 39.7 Å². The number of carbonyl (C=O) groups excluding carboxylic acids is 1. The first-order valence-electron chi connectivity index (χ1n) is 20.8. The van der Waals surface area contributed by atoms with E-state index in [4.69, 9.17) is 23.7 Å². The second kappa shape index (κ2) is 23.4. The van der Waals surface area contributed by atoms with Crippen molar-refractivity contribution in [2.75, 3.05) is 91.9 Å². The number of amides is 1. The number of halogens is 6. The maximum Gasteiger partial charge on any atom is 0.416 e. The molecule has 4 fully saturated rings. The third-order valence-corrected chi connectivity index (χ3v) is 11.1. The van der Waals surface area contributed by atoms with Crippen LogP contribution in [0.3, 0.4) is 0 Å². The first-order chi connectivity index (χ1) is 28.9. The molecule has 4 aliphatic rings. The minimum absolute atomic E-state index is 0. The maximum absolute atomic E-state index is 12.7. The number of ether oxygens (including phenoxy) is 5. The van der Waals surface area contributed by atoms with Gasteiger partial charge in [-0.1, -0.05) is 37.8 Å². The van der Waals surface area contributed by atoms with E-state index in [9.17, 15) is 31.1 Å². The molecule has 4 unspecified atom stereocenters. The van der Waals surface area contributed by atoms with Crippen LogP contribution in [0.1, 0.15) is 51.2 Å². The first kappa shape index (κ1) is 48.0. The van der Waals surface area contributed by atoms with E-state index in [0.717, 1.165) is 108 Å². The average molecular weight is 869 g/mol. The summed E-state index contributed by atoms with van der Waals surface area (Å²) in [5.41, 5.74) is -0.382. The topological polar surface area (TPSA) is 85.0 Å². The van der Waals surface area contributed by atoms with Crippen LogP contribution in [0.4, 0.5) is 31.1 Å². The molecule has 4 atom stereocenters. The molecule has 340 valence electrons. The van der Waals surface area contributed by atoms with Crippen LogP contribution >= 0.6 is 0 Å². The molecule has 4 saturated heterocycles. The zero-order chi connectivity index (χ0) is 42.4. The van der Waals surface area contributed by atoms with Crippen LogP contribution < -0.4 is 14.8 Å². The monoisotopic (exact) mass is 868 g/mol. The van der Waals surface area contributed by atoms with Crippen LogP contribution in [0.5, 0.6) is 11.5 Å². The van der Waals surface area contributed by atoms with Crippen molar-refractivity contribution in [1.82, 2.24) is 20.0 Å². The molecule has 4 heterocycles. The highest BCUT2D eigenvalue weighted by atomic mass is 19.4. The number of rotatable bonds is 12. The molecule has 10 nitrogen and oxygen atoms in total. The van der Waals surface area contributed by atoms with Gasteiger partial charge in [-0.3, -0.25) is 0 Å². The van der Waals surface area contributed by atoms with Crippen molar-refractivity contribution in [3.63, 3.8) is 0 Å². The highest BCUT2D eigenvalue weighted by Crippen LogP contribution is 2.32. The number of alkyl halides is 6. The number of nitrogens with one attached hydrogen (secondary N) is 1. The lowest BCUT2D eigenvalue weighted by atomic mass is 9.98. The van der Waals surface area contributed by atoms with E-state index >= 15 is 0 Å². The summed E-state index contributed by atoms with van der Waals surface area (Å²) < 4.78 is 104. The normalized spacial score (nSPS) is 22.9. The summed E-state index contributed by atoms with van der Waals surface area (Å²) in [5.74, 6) is 1.61. The molecule has 3 aromatic carbocycles. The summed E-state index contributed by atoms with van der Waals surface area (Å²) in [6.07, 6.45) is -4.63. The lowest BCUT2D eigenvalue weighted by Crippen LogP contribution is -2.51. The summed E-state index contributed by atoms with van der Waals surface area (Å²) in [4.78, 5) is 18.9. The third-order valence-electron chi connectivity index (χ3n) is 11.1. The van der Waals surface area contributed by atoms with Gasteiger partial charge in [0.1, 0.15) is 18.1 Å². The molecule has 0 spiro atoms. The minimum atomic E-state index is -4.35. The van der Waals surface area contributed by atoms with Gasteiger partial charge in [0.25, 0.3) is 0 Å². The molecular weight excluding hydrogens is 807 g/mol. The largest absolute Gasteiger partial charge is 0.493 e. The molecule has 61 heavy (non-hydrogen) atoms. The fourth-order valence-electron chi connectivity index (χ4n) is 7.93. The van der Waals surface area contributed by atoms with Crippen molar-refractivity contribution in [2.45, 2.75) is 64.3 Å². The molecule has 1 N–H and O–H groups in total. The quantitative estimate of drug-likeness (QED) is 0.180. The second-order valence-electron chi connectivity index (χ2n) is 15.9. The van der Waals surface area contributed by atoms with Crippen molar-refractivity contribution in [2.24, 2.45) is 11.8 Å². The van der Waals surface area contributed by atoms with Crippen LogP contribution in [0.15, 0.2) is 78.9 Å². The van der Waals surface area contributed by atoms with Gasteiger partial charge >= 0.3 is 18.4 Å². The fourth-order valence-corrected chi connectivity index (χ4v) is 7.93. The van der Waals surface area contributed by atoms with Gasteiger partial charge in [-0.15, -0.1) is 0 Å². The fraction of sp³-hybridized carbons (Fsp3) is 0.578. The van der Waals surface area contributed by atoms with Gasteiger partial charge in [0, 0.05) is 59.1 Å². The standard InChI is InChI=1S/C26H31F3N2O4.C18H25F3N2O2.CH4.H2/c27-26(28,29)22-8-10-23(11-9-22)34-19-21-7-4-12-30(15-21)16-24-17-31(13-14-33-24)25(32)35-18-20-5-2-1-3-6-20;19-18(20,21)15-3-5-16(6-4-15)25-13-14-2-1-8-23(11-14)12-17-10-22-7-9-24-17;;/h1-3,5-6,8-11,21,24H,4,7,12-19H2;3-6,14,17,22H,1-2,7-13H2;1H4;1H. The number of hydrogen-bond donors (Lipinski definition) is 1. The zero-order valence-electron chi connectivity index (χ0n) is 33.8. The number of morpholine rings is 2. The number of likely N-dealkylation sites (tertiary alicyclic amines) is 2. The Morgan fingerprint density at radius 3 is 1.72 bits per heavy atom. The van der Waals surface area contributed by atoms with Gasteiger partial charge in [-0.05, 0) is 92.9 Å². The Bertz CT molecular complexity index is 1720. The lowest BCUT2D eigenvalue weighted by molar-refractivity contribution is -0.138. The molecule has 16 heteroatoms. The number of nitrogens with zero attached hydrogens (tertiary/aromatic N) is 3. The Labute approximate surface area is 356 Å². The van der Waals surface area contributed by atoms with Gasteiger partial charge in [-0.2, -0.15) is 26.3 Å². The lowest BCUT2D eigenvalue weighted by Gasteiger charge is -2.38. The molecule has 0 aromatic heterocycles. The molecule has 7 rings (SSSR count).